The summed E-state index contributed by atoms with van der Waals surface area (Å²) in [5.74, 6) is -0.832. The Hall–Kier alpha value is -2.39. The van der Waals surface area contributed by atoms with Crippen LogP contribution >= 0.6 is 11.3 Å². The number of rotatable bonds is 3. The molecule has 2 N–H and O–H groups in total. The number of thiazole rings is 1. The Morgan fingerprint density at radius 2 is 1.97 bits per heavy atom. The molecule has 1 aliphatic rings. The number of aliphatic imine (C=N–C) groups is 1. The number of sulfone groups is 1. The zero-order chi connectivity index (χ0) is 21.9. The van der Waals surface area contributed by atoms with E-state index in [4.69, 9.17) is 5.73 Å². The Kier molecular flexibility index (Phi) is 4.74. The fraction of sp³-hybridized carbons (Fsp3) is 0.381. The van der Waals surface area contributed by atoms with Crippen molar-refractivity contribution in [3.63, 3.8) is 0 Å². The normalized spacial score (nSPS) is 22.8. The SMILES string of the molecule is Cc1nc2c(Cc3ccc(F)c([C@]4(C)CS(=O)(=O)C(C)(C)C(N)=N4)c3)nccc2s1. The lowest BCUT2D eigenvalue weighted by Crippen LogP contribution is -2.55. The van der Waals surface area contributed by atoms with E-state index >= 15 is 0 Å². The van der Waals surface area contributed by atoms with E-state index in [-0.39, 0.29) is 17.2 Å². The van der Waals surface area contributed by atoms with Gasteiger partial charge >= 0.3 is 0 Å². The number of nitrogens with zero attached hydrogens (tertiary/aromatic N) is 3. The molecule has 1 aromatic carbocycles. The number of nitrogens with two attached hydrogens (primary N) is 1. The van der Waals surface area contributed by atoms with Crippen LogP contribution in [0.2, 0.25) is 0 Å². The molecule has 4 rings (SSSR count). The summed E-state index contributed by atoms with van der Waals surface area (Å²) in [6, 6.07) is 6.61. The lowest BCUT2D eigenvalue weighted by atomic mass is 9.91. The summed E-state index contributed by atoms with van der Waals surface area (Å²) in [6.45, 7) is 6.60. The van der Waals surface area contributed by atoms with E-state index in [1.807, 2.05) is 13.0 Å². The van der Waals surface area contributed by atoms with Gasteiger partial charge in [0.05, 0.1) is 21.2 Å². The second-order valence-electron chi connectivity index (χ2n) is 8.37. The van der Waals surface area contributed by atoms with Crippen LogP contribution in [0.1, 0.15) is 42.6 Å². The molecule has 0 saturated heterocycles. The predicted octanol–water partition coefficient (Wildman–Crippen LogP) is 3.51. The molecule has 6 nitrogen and oxygen atoms in total. The maximum Gasteiger partial charge on any atom is 0.165 e. The van der Waals surface area contributed by atoms with Crippen LogP contribution in [0.15, 0.2) is 35.5 Å². The minimum Gasteiger partial charge on any atom is -0.386 e. The number of amidine groups is 1. The van der Waals surface area contributed by atoms with Gasteiger partial charge in [0.15, 0.2) is 9.84 Å². The minimum atomic E-state index is -3.62. The number of benzene rings is 1. The first kappa shape index (κ1) is 20.9. The lowest BCUT2D eigenvalue weighted by Gasteiger charge is -2.38. The zero-order valence-electron chi connectivity index (χ0n) is 17.2. The van der Waals surface area contributed by atoms with Crippen LogP contribution in [0.5, 0.6) is 0 Å². The summed E-state index contributed by atoms with van der Waals surface area (Å²) in [5, 5.41) is 0.950. The third-order valence-electron chi connectivity index (χ3n) is 5.71. The standard InChI is InChI=1S/C21H23FN4O2S2/c1-12-25-18-16(24-8-7-17(18)29-12)10-13-5-6-15(22)14(9-13)21(4)11-30(27,28)20(2,3)19(23)26-21/h5-9H,10-11H2,1-4H3,(H2,23,26)/t21-/m0/s1. The second kappa shape index (κ2) is 6.81. The first-order valence-electron chi connectivity index (χ1n) is 9.51. The molecule has 0 bridgehead atoms. The highest BCUT2D eigenvalue weighted by molar-refractivity contribution is 7.93. The highest BCUT2D eigenvalue weighted by Crippen LogP contribution is 2.38. The second-order valence-corrected chi connectivity index (χ2v) is 12.1. The van der Waals surface area contributed by atoms with Crippen molar-refractivity contribution in [3.8, 4) is 0 Å². The number of aryl methyl sites for hydroxylation is 1. The molecule has 1 aliphatic heterocycles. The number of halogens is 1. The van der Waals surface area contributed by atoms with Gasteiger partial charge in [-0.2, -0.15) is 0 Å². The molecule has 1 atom stereocenters. The number of hydrogen-bond acceptors (Lipinski definition) is 7. The summed E-state index contributed by atoms with van der Waals surface area (Å²) < 4.78 is 40.3. The smallest absolute Gasteiger partial charge is 0.165 e. The average molecular weight is 447 g/mol. The lowest BCUT2D eigenvalue weighted by molar-refractivity contribution is 0.475. The number of aromatic nitrogens is 2. The van der Waals surface area contributed by atoms with Gasteiger partial charge in [-0.05, 0) is 45.4 Å². The third-order valence-corrected chi connectivity index (χ3v) is 9.35. The van der Waals surface area contributed by atoms with Crippen molar-refractivity contribution in [2.75, 3.05) is 5.75 Å². The van der Waals surface area contributed by atoms with Crippen LogP contribution in [0.3, 0.4) is 0 Å². The average Bonchev–Trinajstić information content (AvgIpc) is 3.02. The van der Waals surface area contributed by atoms with Crippen molar-refractivity contribution < 1.29 is 12.8 Å². The molecule has 0 spiro atoms. The Labute approximate surface area is 179 Å². The first-order valence-corrected chi connectivity index (χ1v) is 12.0. The summed E-state index contributed by atoms with van der Waals surface area (Å²) in [7, 11) is -3.62. The molecule has 0 unspecified atom stereocenters. The topological polar surface area (TPSA) is 98.3 Å². The first-order chi connectivity index (χ1) is 13.9. The molecule has 3 aromatic rings. The van der Waals surface area contributed by atoms with Crippen LogP contribution in [0, 0.1) is 12.7 Å². The third kappa shape index (κ3) is 3.30. The number of fused-ring (bicyclic) bond motifs is 1. The Morgan fingerprint density at radius 3 is 2.67 bits per heavy atom. The number of pyridine rings is 1. The van der Waals surface area contributed by atoms with E-state index in [0.717, 1.165) is 26.5 Å². The Balaban J connectivity index is 1.78. The van der Waals surface area contributed by atoms with Crippen LogP contribution in [0.4, 0.5) is 4.39 Å². The fourth-order valence-corrected chi connectivity index (χ4v) is 6.25. The van der Waals surface area contributed by atoms with E-state index in [2.05, 4.69) is 15.0 Å². The van der Waals surface area contributed by atoms with E-state index in [9.17, 15) is 12.8 Å². The molecule has 0 radical (unpaired) electrons. The molecule has 2 aromatic heterocycles. The van der Waals surface area contributed by atoms with Gasteiger partial charge in [0.1, 0.15) is 27.5 Å². The van der Waals surface area contributed by atoms with E-state index < -0.39 is 25.9 Å². The highest BCUT2D eigenvalue weighted by atomic mass is 32.2. The molecule has 0 amide bonds. The van der Waals surface area contributed by atoms with Gasteiger partial charge in [0, 0.05) is 18.2 Å². The molecule has 0 saturated carbocycles. The van der Waals surface area contributed by atoms with Crippen LogP contribution in [0.25, 0.3) is 10.2 Å². The maximum absolute atomic E-state index is 14.8. The minimum absolute atomic E-state index is 0.00886. The summed E-state index contributed by atoms with van der Waals surface area (Å²) in [5.41, 5.74) is 7.35. The fourth-order valence-electron chi connectivity index (χ4n) is 3.72. The molecule has 3 heterocycles. The van der Waals surface area contributed by atoms with Crippen LogP contribution in [-0.2, 0) is 21.8 Å². The van der Waals surface area contributed by atoms with Gasteiger partial charge in [-0.25, -0.2) is 17.8 Å². The van der Waals surface area contributed by atoms with Gasteiger partial charge in [-0.3, -0.25) is 9.98 Å². The quantitative estimate of drug-likeness (QED) is 0.664. The molecule has 0 aliphatic carbocycles. The van der Waals surface area contributed by atoms with Crippen molar-refractivity contribution >= 4 is 37.2 Å². The molecule has 0 fully saturated rings. The number of hydrogen-bond donors (Lipinski definition) is 1. The summed E-state index contributed by atoms with van der Waals surface area (Å²) >= 11 is 1.59. The van der Waals surface area contributed by atoms with Gasteiger partial charge in [-0.15, -0.1) is 11.3 Å². The molecular weight excluding hydrogens is 423 g/mol. The highest BCUT2D eigenvalue weighted by Gasteiger charge is 2.49. The Bertz CT molecular complexity index is 1300. The summed E-state index contributed by atoms with van der Waals surface area (Å²) in [4.78, 5) is 13.5. The van der Waals surface area contributed by atoms with Crippen molar-refractivity contribution in [2.45, 2.75) is 44.4 Å². The van der Waals surface area contributed by atoms with Crippen molar-refractivity contribution in [1.82, 2.24) is 9.97 Å². The van der Waals surface area contributed by atoms with Gasteiger partial charge < -0.3 is 5.73 Å². The van der Waals surface area contributed by atoms with Crippen molar-refractivity contribution in [3.05, 3.63) is 58.1 Å². The van der Waals surface area contributed by atoms with Gasteiger partial charge in [-0.1, -0.05) is 12.1 Å². The molecule has 30 heavy (non-hydrogen) atoms. The summed E-state index contributed by atoms with van der Waals surface area (Å²) in [6.07, 6.45) is 2.18. The largest absolute Gasteiger partial charge is 0.386 e. The van der Waals surface area contributed by atoms with Crippen molar-refractivity contribution in [1.29, 1.82) is 0 Å². The Morgan fingerprint density at radius 1 is 1.23 bits per heavy atom. The molecule has 158 valence electrons. The maximum atomic E-state index is 14.8. The predicted molar refractivity (Wildman–Crippen MR) is 118 cm³/mol. The van der Waals surface area contributed by atoms with E-state index in [0.29, 0.717) is 6.42 Å². The monoisotopic (exact) mass is 446 g/mol. The van der Waals surface area contributed by atoms with Gasteiger partial charge in [0.25, 0.3) is 0 Å². The van der Waals surface area contributed by atoms with E-state index in [1.54, 1.807) is 36.6 Å². The molecule has 9 heteroatoms. The van der Waals surface area contributed by atoms with Crippen LogP contribution in [-0.4, -0.2) is 34.7 Å². The van der Waals surface area contributed by atoms with E-state index in [1.165, 1.54) is 19.9 Å². The van der Waals surface area contributed by atoms with Gasteiger partial charge in [0.2, 0.25) is 0 Å². The van der Waals surface area contributed by atoms with Crippen molar-refractivity contribution in [2.24, 2.45) is 10.7 Å². The zero-order valence-corrected chi connectivity index (χ0v) is 18.9. The van der Waals surface area contributed by atoms with Crippen LogP contribution < -0.4 is 5.73 Å². The molecular formula is C21H23FN4O2S2.